The van der Waals surface area contributed by atoms with Crippen LogP contribution in [0.1, 0.15) is 15.9 Å². The first-order chi connectivity index (χ1) is 16.7. The maximum atomic E-state index is 12.4. The Bertz CT molecular complexity index is 1410. The molecule has 3 aromatic heterocycles. The molecule has 0 saturated heterocycles. The number of fused-ring (bicyclic) bond motifs is 1. The van der Waals surface area contributed by atoms with Gasteiger partial charge in [-0.1, -0.05) is 12.1 Å². The molecule has 0 aliphatic rings. The number of aromatic nitrogens is 4. The highest BCUT2D eigenvalue weighted by atomic mass is 16.5. The summed E-state index contributed by atoms with van der Waals surface area (Å²) < 4.78 is 7.04. The van der Waals surface area contributed by atoms with Gasteiger partial charge in [0.2, 0.25) is 5.95 Å². The number of pyridine rings is 2. The number of carbonyl (C=O) groups is 1. The molecule has 0 radical (unpaired) electrons. The molecule has 5 rings (SSSR count). The van der Waals surface area contributed by atoms with E-state index in [0.717, 1.165) is 33.9 Å². The van der Waals surface area contributed by atoms with Gasteiger partial charge >= 0.3 is 0 Å². The van der Waals surface area contributed by atoms with Gasteiger partial charge in [0.25, 0.3) is 5.91 Å². The van der Waals surface area contributed by atoms with Crippen LogP contribution in [0.4, 0.5) is 11.6 Å². The van der Waals surface area contributed by atoms with Crippen LogP contribution >= 0.6 is 0 Å². The maximum absolute atomic E-state index is 12.4. The second-order valence-electron chi connectivity index (χ2n) is 7.59. The van der Waals surface area contributed by atoms with E-state index >= 15 is 0 Å². The maximum Gasteiger partial charge on any atom is 0.251 e. The summed E-state index contributed by atoms with van der Waals surface area (Å²) in [6, 6.07) is 24.6. The fourth-order valence-electron chi connectivity index (χ4n) is 3.56. The van der Waals surface area contributed by atoms with E-state index in [-0.39, 0.29) is 5.91 Å². The van der Waals surface area contributed by atoms with Gasteiger partial charge in [-0.15, -0.1) is 5.10 Å². The average Bonchev–Trinajstić information content (AvgIpc) is 3.31. The highest BCUT2D eigenvalue weighted by Crippen LogP contribution is 2.24. The van der Waals surface area contributed by atoms with E-state index in [1.807, 2.05) is 66.7 Å². The molecule has 168 valence electrons. The van der Waals surface area contributed by atoms with E-state index in [1.165, 1.54) is 0 Å². The molecule has 2 N–H and O–H groups in total. The lowest BCUT2D eigenvalue weighted by Crippen LogP contribution is -2.22. The second-order valence-corrected chi connectivity index (χ2v) is 7.59. The monoisotopic (exact) mass is 450 g/mol. The Morgan fingerprint density at radius 3 is 2.53 bits per heavy atom. The molecular formula is C26H22N6O2. The predicted octanol–water partition coefficient (Wildman–Crippen LogP) is 4.47. The lowest BCUT2D eigenvalue weighted by atomic mass is 10.1. The van der Waals surface area contributed by atoms with Gasteiger partial charge < -0.3 is 15.4 Å². The van der Waals surface area contributed by atoms with Crippen molar-refractivity contribution in [3.63, 3.8) is 0 Å². The molecule has 34 heavy (non-hydrogen) atoms. The average molecular weight is 451 g/mol. The van der Waals surface area contributed by atoms with E-state index in [9.17, 15) is 4.79 Å². The Morgan fingerprint density at radius 2 is 1.79 bits per heavy atom. The van der Waals surface area contributed by atoms with Gasteiger partial charge in [0.05, 0.1) is 12.8 Å². The summed E-state index contributed by atoms with van der Waals surface area (Å²) in [7, 11) is 1.65. The van der Waals surface area contributed by atoms with Crippen LogP contribution in [0.2, 0.25) is 0 Å². The Labute approximate surface area is 196 Å². The molecule has 0 saturated carbocycles. The number of hydrogen-bond donors (Lipinski definition) is 2. The zero-order chi connectivity index (χ0) is 23.3. The van der Waals surface area contributed by atoms with Crippen LogP contribution in [0.25, 0.3) is 16.9 Å². The second kappa shape index (κ2) is 9.41. The fraction of sp³-hybridized carbons (Fsp3) is 0.0769. The van der Waals surface area contributed by atoms with Crippen LogP contribution in [0, 0.1) is 0 Å². The molecular weight excluding hydrogens is 428 g/mol. The van der Waals surface area contributed by atoms with E-state index in [0.29, 0.717) is 18.1 Å². The van der Waals surface area contributed by atoms with E-state index in [2.05, 4.69) is 25.7 Å². The summed E-state index contributed by atoms with van der Waals surface area (Å²) in [6.45, 7) is 0.425. The molecule has 0 spiro atoms. The molecule has 8 nitrogen and oxygen atoms in total. The van der Waals surface area contributed by atoms with Crippen LogP contribution in [-0.4, -0.2) is 32.6 Å². The van der Waals surface area contributed by atoms with Crippen molar-refractivity contribution in [2.45, 2.75) is 6.54 Å². The molecule has 0 aliphatic carbocycles. The van der Waals surface area contributed by atoms with Gasteiger partial charge in [-0.05, 0) is 72.3 Å². The summed E-state index contributed by atoms with van der Waals surface area (Å²) in [5, 5.41) is 10.7. The Hall–Kier alpha value is -4.72. The minimum Gasteiger partial charge on any atom is -0.497 e. The molecule has 0 fully saturated rings. The number of benzene rings is 2. The highest BCUT2D eigenvalue weighted by molar-refractivity contribution is 5.94. The number of amides is 1. The first kappa shape index (κ1) is 21.1. The fourth-order valence-corrected chi connectivity index (χ4v) is 3.56. The molecule has 5 aromatic rings. The highest BCUT2D eigenvalue weighted by Gasteiger charge is 2.10. The SMILES string of the molecule is COc1ccc(-c2cccc3nc(Nc4ccc(C(=O)NCc5cccnc5)cc4)nn23)cc1. The predicted molar refractivity (Wildman–Crippen MR) is 130 cm³/mol. The van der Waals surface area contributed by atoms with Crippen molar-refractivity contribution < 1.29 is 9.53 Å². The Morgan fingerprint density at radius 1 is 0.971 bits per heavy atom. The Kier molecular flexibility index (Phi) is 5.85. The van der Waals surface area contributed by atoms with Gasteiger partial charge in [0.15, 0.2) is 5.65 Å². The number of nitrogens with one attached hydrogen (secondary N) is 2. The van der Waals surface area contributed by atoms with Crippen molar-refractivity contribution in [1.29, 1.82) is 0 Å². The summed E-state index contributed by atoms with van der Waals surface area (Å²) >= 11 is 0. The third-order valence-electron chi connectivity index (χ3n) is 5.32. The molecule has 0 bridgehead atoms. The van der Waals surface area contributed by atoms with E-state index in [1.54, 1.807) is 36.2 Å². The van der Waals surface area contributed by atoms with E-state index < -0.39 is 0 Å². The molecule has 0 atom stereocenters. The minimum absolute atomic E-state index is 0.148. The van der Waals surface area contributed by atoms with Gasteiger partial charge in [0.1, 0.15) is 5.75 Å². The number of nitrogens with zero attached hydrogens (tertiary/aromatic N) is 4. The van der Waals surface area contributed by atoms with Crippen LogP contribution in [0.5, 0.6) is 5.75 Å². The van der Waals surface area contributed by atoms with Gasteiger partial charge in [-0.2, -0.15) is 4.98 Å². The molecule has 8 heteroatoms. The molecule has 1 amide bonds. The summed E-state index contributed by atoms with van der Waals surface area (Å²) in [5.41, 5.74) is 4.94. The van der Waals surface area contributed by atoms with Gasteiger partial charge in [-0.3, -0.25) is 9.78 Å². The number of anilines is 2. The lowest BCUT2D eigenvalue weighted by Gasteiger charge is -2.07. The van der Waals surface area contributed by atoms with Crippen LogP contribution in [-0.2, 0) is 6.54 Å². The standard InChI is InChI=1S/C26H22N6O2/c1-34-22-13-9-19(10-14-22)23-5-2-6-24-30-26(31-32(23)24)29-21-11-7-20(8-12-21)25(33)28-17-18-4-3-15-27-16-18/h2-16H,17H2,1H3,(H,28,33)(H,29,31). The number of hydrogen-bond acceptors (Lipinski definition) is 6. The smallest absolute Gasteiger partial charge is 0.251 e. The van der Waals surface area contributed by atoms with Crippen LogP contribution in [0.3, 0.4) is 0 Å². The van der Waals surface area contributed by atoms with Gasteiger partial charge in [-0.25, -0.2) is 4.52 Å². The number of carbonyl (C=O) groups excluding carboxylic acids is 1. The molecule has 3 heterocycles. The number of methoxy groups -OCH3 is 1. The van der Waals surface area contributed by atoms with E-state index in [4.69, 9.17) is 4.74 Å². The van der Waals surface area contributed by atoms with Crippen molar-refractivity contribution >= 4 is 23.2 Å². The third-order valence-corrected chi connectivity index (χ3v) is 5.32. The van der Waals surface area contributed by atoms with Crippen LogP contribution in [0.15, 0.2) is 91.3 Å². The zero-order valence-corrected chi connectivity index (χ0v) is 18.5. The lowest BCUT2D eigenvalue weighted by molar-refractivity contribution is 0.0951. The Balaban J connectivity index is 1.30. The summed E-state index contributed by atoms with van der Waals surface area (Å²) in [4.78, 5) is 21.1. The van der Waals surface area contributed by atoms with Crippen molar-refractivity contribution in [2.75, 3.05) is 12.4 Å². The first-order valence-corrected chi connectivity index (χ1v) is 10.7. The third kappa shape index (κ3) is 4.56. The van der Waals surface area contributed by atoms with Crippen molar-refractivity contribution in [3.8, 4) is 17.0 Å². The summed E-state index contributed by atoms with van der Waals surface area (Å²) in [5.74, 6) is 1.12. The van der Waals surface area contributed by atoms with Crippen molar-refractivity contribution in [3.05, 3.63) is 102 Å². The normalized spacial score (nSPS) is 10.7. The minimum atomic E-state index is -0.148. The van der Waals surface area contributed by atoms with Crippen molar-refractivity contribution in [1.82, 2.24) is 24.9 Å². The summed E-state index contributed by atoms with van der Waals surface area (Å²) in [6.07, 6.45) is 3.43. The zero-order valence-electron chi connectivity index (χ0n) is 18.5. The molecule has 2 aromatic carbocycles. The van der Waals surface area contributed by atoms with Crippen molar-refractivity contribution in [2.24, 2.45) is 0 Å². The van der Waals surface area contributed by atoms with Gasteiger partial charge in [0, 0.05) is 35.8 Å². The topological polar surface area (TPSA) is 93.4 Å². The largest absolute Gasteiger partial charge is 0.497 e. The number of rotatable bonds is 7. The number of ether oxygens (including phenoxy) is 1. The quantitative estimate of drug-likeness (QED) is 0.380. The molecule has 0 unspecified atom stereocenters. The molecule has 0 aliphatic heterocycles. The van der Waals surface area contributed by atoms with Crippen LogP contribution < -0.4 is 15.4 Å². The first-order valence-electron chi connectivity index (χ1n) is 10.7.